The highest BCUT2D eigenvalue weighted by molar-refractivity contribution is 5.78. The smallest absolute Gasteiger partial charge is 0.142 e. The molecule has 0 bridgehead atoms. The molecule has 1 aliphatic heterocycles. The van der Waals surface area contributed by atoms with E-state index >= 15 is 0 Å². The summed E-state index contributed by atoms with van der Waals surface area (Å²) in [5.74, 6) is 5.91. The van der Waals surface area contributed by atoms with E-state index in [-0.39, 0.29) is 0 Å². The maximum absolute atomic E-state index is 5.53. The Morgan fingerprint density at radius 1 is 1.80 bits per heavy atom. The van der Waals surface area contributed by atoms with E-state index in [2.05, 4.69) is 10.4 Å². The number of rotatable bonds is 1. The fourth-order valence-electron chi connectivity index (χ4n) is 0.807. The molecule has 0 unspecified atom stereocenters. The van der Waals surface area contributed by atoms with E-state index in [1.807, 2.05) is 11.9 Å². The molecule has 0 aliphatic carbocycles. The molecule has 0 atom stereocenters. The third-order valence-corrected chi connectivity index (χ3v) is 1.32. The SMILES string of the molecule is CN1CN=CC(N)=C1NN. The van der Waals surface area contributed by atoms with Crippen LogP contribution in [0.3, 0.4) is 0 Å². The fourth-order valence-corrected chi connectivity index (χ4v) is 0.807. The van der Waals surface area contributed by atoms with Crippen LogP contribution in [0.4, 0.5) is 0 Å². The zero-order valence-electron chi connectivity index (χ0n) is 5.83. The van der Waals surface area contributed by atoms with Crippen LogP contribution in [0.25, 0.3) is 0 Å². The lowest BCUT2D eigenvalue weighted by atomic mass is 10.4. The first-order chi connectivity index (χ1) is 4.75. The molecule has 0 radical (unpaired) electrons. The van der Waals surface area contributed by atoms with E-state index in [1.165, 1.54) is 0 Å². The average Bonchev–Trinajstić information content (AvgIpc) is 1.88. The first-order valence-corrected chi connectivity index (χ1v) is 2.93. The Labute approximate surface area is 59.4 Å². The van der Waals surface area contributed by atoms with Gasteiger partial charge in [0.15, 0.2) is 0 Å². The minimum absolute atomic E-state index is 0.566. The number of allylic oxidation sites excluding steroid dienone is 1. The van der Waals surface area contributed by atoms with Crippen LogP contribution in [-0.4, -0.2) is 24.8 Å². The predicted octanol–water partition coefficient (Wildman–Crippen LogP) is -1.45. The Morgan fingerprint density at radius 2 is 2.50 bits per heavy atom. The molecular weight excluding hydrogens is 130 g/mol. The number of hydrogen-bond donors (Lipinski definition) is 3. The van der Waals surface area contributed by atoms with Crippen LogP contribution in [0.2, 0.25) is 0 Å². The molecule has 0 spiro atoms. The number of nitrogens with two attached hydrogens (primary N) is 2. The van der Waals surface area contributed by atoms with Crippen LogP contribution in [0, 0.1) is 0 Å². The van der Waals surface area contributed by atoms with Crippen LogP contribution in [0.5, 0.6) is 0 Å². The number of aliphatic imine (C=N–C) groups is 1. The summed E-state index contributed by atoms with van der Waals surface area (Å²) in [4.78, 5) is 5.79. The van der Waals surface area contributed by atoms with Gasteiger partial charge in [0.2, 0.25) is 0 Å². The summed E-state index contributed by atoms with van der Waals surface area (Å²) in [7, 11) is 1.86. The number of hydrazine groups is 1. The summed E-state index contributed by atoms with van der Waals surface area (Å²) in [5.41, 5.74) is 8.58. The third kappa shape index (κ3) is 1.03. The highest BCUT2D eigenvalue weighted by Crippen LogP contribution is 2.02. The molecule has 0 amide bonds. The summed E-state index contributed by atoms with van der Waals surface area (Å²) in [6, 6.07) is 0. The second kappa shape index (κ2) is 2.57. The first-order valence-electron chi connectivity index (χ1n) is 2.93. The monoisotopic (exact) mass is 141 g/mol. The van der Waals surface area contributed by atoms with Gasteiger partial charge in [-0.15, -0.1) is 0 Å². The van der Waals surface area contributed by atoms with Crippen molar-refractivity contribution in [3.8, 4) is 0 Å². The molecule has 5 N–H and O–H groups in total. The highest BCUT2D eigenvalue weighted by Gasteiger charge is 2.08. The number of nitrogens with one attached hydrogen (secondary N) is 1. The second-order valence-corrected chi connectivity index (χ2v) is 2.10. The molecule has 0 saturated carbocycles. The quantitative estimate of drug-likeness (QED) is 0.308. The molecule has 5 nitrogen and oxygen atoms in total. The molecule has 1 heterocycles. The zero-order chi connectivity index (χ0) is 7.56. The van der Waals surface area contributed by atoms with Crippen LogP contribution in [-0.2, 0) is 0 Å². The first kappa shape index (κ1) is 6.88. The Balaban J connectivity index is 2.83. The molecule has 56 valence electrons. The van der Waals surface area contributed by atoms with Gasteiger partial charge in [0, 0.05) is 7.05 Å². The van der Waals surface area contributed by atoms with Crippen LogP contribution in [0.15, 0.2) is 16.5 Å². The molecule has 0 aromatic rings. The van der Waals surface area contributed by atoms with E-state index in [9.17, 15) is 0 Å². The second-order valence-electron chi connectivity index (χ2n) is 2.10. The minimum atomic E-state index is 0.566. The molecule has 10 heavy (non-hydrogen) atoms. The van der Waals surface area contributed by atoms with Gasteiger partial charge in [-0.2, -0.15) is 0 Å². The molecule has 0 aromatic carbocycles. The van der Waals surface area contributed by atoms with Crippen molar-refractivity contribution in [2.75, 3.05) is 13.7 Å². The van der Waals surface area contributed by atoms with Crippen molar-refractivity contribution < 1.29 is 0 Å². The molecule has 0 fully saturated rings. The molecule has 1 aliphatic rings. The minimum Gasteiger partial charge on any atom is -0.395 e. The van der Waals surface area contributed by atoms with E-state index < -0.39 is 0 Å². The molecular formula is C5H11N5. The predicted molar refractivity (Wildman–Crippen MR) is 39.7 cm³/mol. The molecule has 5 heteroatoms. The third-order valence-electron chi connectivity index (χ3n) is 1.32. The van der Waals surface area contributed by atoms with Gasteiger partial charge in [0.05, 0.1) is 11.9 Å². The van der Waals surface area contributed by atoms with E-state index in [4.69, 9.17) is 11.6 Å². The fraction of sp³-hybridized carbons (Fsp3) is 0.400. The standard InChI is InChI=1S/C5H11N5/c1-10-3-8-2-4(6)5(10)9-7/h2,9H,3,6-7H2,1H3. The zero-order valence-corrected chi connectivity index (χ0v) is 5.83. The maximum Gasteiger partial charge on any atom is 0.142 e. The molecule has 0 saturated heterocycles. The van der Waals surface area contributed by atoms with Gasteiger partial charge in [0.1, 0.15) is 12.5 Å². The Hall–Kier alpha value is -1.23. The van der Waals surface area contributed by atoms with Gasteiger partial charge in [-0.1, -0.05) is 0 Å². The van der Waals surface area contributed by atoms with Gasteiger partial charge in [-0.3, -0.25) is 4.99 Å². The Bertz CT molecular complexity index is 182. The average molecular weight is 141 g/mol. The van der Waals surface area contributed by atoms with Crippen molar-refractivity contribution in [2.24, 2.45) is 16.6 Å². The molecule has 1 rings (SSSR count). The van der Waals surface area contributed by atoms with E-state index in [0.717, 1.165) is 5.82 Å². The van der Waals surface area contributed by atoms with Gasteiger partial charge < -0.3 is 16.1 Å². The van der Waals surface area contributed by atoms with Crippen molar-refractivity contribution in [1.82, 2.24) is 10.3 Å². The van der Waals surface area contributed by atoms with E-state index in [1.54, 1.807) is 6.21 Å². The topological polar surface area (TPSA) is 79.7 Å². The van der Waals surface area contributed by atoms with Gasteiger partial charge >= 0.3 is 0 Å². The van der Waals surface area contributed by atoms with Crippen molar-refractivity contribution >= 4 is 6.21 Å². The summed E-state index contributed by atoms with van der Waals surface area (Å²) >= 11 is 0. The van der Waals surface area contributed by atoms with Gasteiger partial charge in [0.25, 0.3) is 0 Å². The Kier molecular flexibility index (Phi) is 1.77. The van der Waals surface area contributed by atoms with Crippen molar-refractivity contribution in [1.29, 1.82) is 0 Å². The lowest BCUT2D eigenvalue weighted by Crippen LogP contribution is -2.38. The largest absolute Gasteiger partial charge is 0.395 e. The van der Waals surface area contributed by atoms with Crippen LogP contribution in [0.1, 0.15) is 0 Å². The van der Waals surface area contributed by atoms with Crippen molar-refractivity contribution in [3.05, 3.63) is 11.5 Å². The number of nitrogens with zero attached hydrogens (tertiary/aromatic N) is 2. The van der Waals surface area contributed by atoms with Crippen LogP contribution >= 0.6 is 0 Å². The Morgan fingerprint density at radius 3 is 2.90 bits per heavy atom. The normalized spacial score (nSPS) is 18.0. The lowest BCUT2D eigenvalue weighted by Gasteiger charge is -2.23. The van der Waals surface area contributed by atoms with Crippen molar-refractivity contribution in [3.63, 3.8) is 0 Å². The summed E-state index contributed by atoms with van der Waals surface area (Å²) in [6.07, 6.45) is 1.59. The van der Waals surface area contributed by atoms with Gasteiger partial charge in [-0.05, 0) is 0 Å². The molecule has 0 aromatic heterocycles. The van der Waals surface area contributed by atoms with Gasteiger partial charge in [-0.25, -0.2) is 5.84 Å². The van der Waals surface area contributed by atoms with Crippen LogP contribution < -0.4 is 17.0 Å². The summed E-state index contributed by atoms with van der Waals surface area (Å²) in [5, 5.41) is 0. The highest BCUT2D eigenvalue weighted by atomic mass is 15.4. The maximum atomic E-state index is 5.53. The summed E-state index contributed by atoms with van der Waals surface area (Å²) < 4.78 is 0. The summed E-state index contributed by atoms with van der Waals surface area (Å²) in [6.45, 7) is 0.597. The lowest BCUT2D eigenvalue weighted by molar-refractivity contribution is 0.389. The number of hydrogen-bond acceptors (Lipinski definition) is 5. The van der Waals surface area contributed by atoms with Crippen molar-refractivity contribution in [2.45, 2.75) is 0 Å². The van der Waals surface area contributed by atoms with E-state index in [0.29, 0.717) is 12.4 Å².